The average Bonchev–Trinajstić information content (AvgIpc) is 2.97. The highest BCUT2D eigenvalue weighted by molar-refractivity contribution is 5.71. The molecule has 0 amide bonds. The van der Waals surface area contributed by atoms with Crippen molar-refractivity contribution in [3.8, 4) is 0 Å². The van der Waals surface area contributed by atoms with Crippen LogP contribution in [0, 0.1) is 0 Å². The van der Waals surface area contributed by atoms with Gasteiger partial charge in [-0.25, -0.2) is 4.79 Å². The van der Waals surface area contributed by atoms with E-state index in [1.54, 1.807) is 13.8 Å². The highest BCUT2D eigenvalue weighted by atomic mass is 16.8. The summed E-state index contributed by atoms with van der Waals surface area (Å²) < 4.78 is 27.3. The fourth-order valence-corrected chi connectivity index (χ4v) is 3.10. The summed E-state index contributed by atoms with van der Waals surface area (Å²) in [5.74, 6) is -1.45. The highest BCUT2D eigenvalue weighted by Crippen LogP contribution is 2.39. The van der Waals surface area contributed by atoms with Crippen LogP contribution in [-0.2, 0) is 33.3 Å². The maximum Gasteiger partial charge on any atom is 0.332 e. The van der Waals surface area contributed by atoms with Gasteiger partial charge in [0.05, 0.1) is 25.9 Å². The molecule has 1 aliphatic heterocycles. The molecule has 0 aromatic rings. The van der Waals surface area contributed by atoms with Crippen molar-refractivity contribution >= 4 is 11.9 Å². The van der Waals surface area contributed by atoms with Gasteiger partial charge < -0.3 is 29.0 Å². The Labute approximate surface area is 142 Å². The van der Waals surface area contributed by atoms with Crippen LogP contribution in [0.3, 0.4) is 0 Å². The molecule has 0 bridgehead atoms. The van der Waals surface area contributed by atoms with E-state index in [-0.39, 0.29) is 43.5 Å². The number of fused-ring (bicyclic) bond motifs is 1. The van der Waals surface area contributed by atoms with Crippen LogP contribution in [0.4, 0.5) is 0 Å². The normalized spacial score (nSPS) is 30.8. The Kier molecular flexibility index (Phi) is 6.56. The SMILES string of the molecule is CCOC(=O)CNC1CC(OCC(=O)OCC)C2OC(C)(C)OC12. The topological polar surface area (TPSA) is 92.3 Å². The van der Waals surface area contributed by atoms with Crippen LogP contribution in [0.15, 0.2) is 0 Å². The summed E-state index contributed by atoms with van der Waals surface area (Å²) in [5.41, 5.74) is 0. The molecule has 4 atom stereocenters. The molecule has 0 aromatic heterocycles. The van der Waals surface area contributed by atoms with Crippen LogP contribution in [-0.4, -0.2) is 68.4 Å². The number of rotatable bonds is 8. The van der Waals surface area contributed by atoms with E-state index in [1.807, 2.05) is 13.8 Å². The van der Waals surface area contributed by atoms with Gasteiger partial charge in [-0.3, -0.25) is 4.79 Å². The Morgan fingerprint density at radius 2 is 1.71 bits per heavy atom. The second-order valence-corrected chi connectivity index (χ2v) is 6.25. The summed E-state index contributed by atoms with van der Waals surface area (Å²) in [6, 6.07) is -0.117. The molecular weight excluding hydrogens is 318 g/mol. The lowest BCUT2D eigenvalue weighted by Gasteiger charge is -2.23. The quantitative estimate of drug-likeness (QED) is 0.631. The molecule has 4 unspecified atom stereocenters. The third-order valence-electron chi connectivity index (χ3n) is 3.95. The molecule has 8 nitrogen and oxygen atoms in total. The van der Waals surface area contributed by atoms with Crippen LogP contribution < -0.4 is 5.32 Å². The molecule has 0 spiro atoms. The second-order valence-electron chi connectivity index (χ2n) is 6.25. The number of nitrogens with one attached hydrogen (secondary N) is 1. The molecule has 2 fully saturated rings. The monoisotopic (exact) mass is 345 g/mol. The van der Waals surface area contributed by atoms with Gasteiger partial charge in [0.1, 0.15) is 18.8 Å². The maximum atomic E-state index is 11.5. The maximum absolute atomic E-state index is 11.5. The first-order valence-electron chi connectivity index (χ1n) is 8.38. The third kappa shape index (κ3) is 4.89. The van der Waals surface area contributed by atoms with E-state index >= 15 is 0 Å². The van der Waals surface area contributed by atoms with E-state index in [0.29, 0.717) is 19.6 Å². The van der Waals surface area contributed by atoms with Crippen LogP contribution in [0.5, 0.6) is 0 Å². The number of carbonyl (C=O) groups is 2. The molecule has 1 heterocycles. The van der Waals surface area contributed by atoms with E-state index in [9.17, 15) is 9.59 Å². The number of carbonyl (C=O) groups excluding carboxylic acids is 2. The smallest absolute Gasteiger partial charge is 0.332 e. The standard InChI is InChI=1S/C16H27NO7/c1-5-20-12(18)8-17-10-7-11(22-9-13(19)21-6-2)15-14(10)23-16(3,4)24-15/h10-11,14-15,17H,5-9H2,1-4H3. The summed E-state index contributed by atoms with van der Waals surface area (Å²) in [6.07, 6.45) is -0.277. The van der Waals surface area contributed by atoms with Crippen molar-refractivity contribution in [2.75, 3.05) is 26.4 Å². The van der Waals surface area contributed by atoms with Gasteiger partial charge in [0.15, 0.2) is 5.79 Å². The average molecular weight is 345 g/mol. The predicted molar refractivity (Wildman–Crippen MR) is 83.2 cm³/mol. The van der Waals surface area contributed by atoms with Crippen molar-refractivity contribution in [2.24, 2.45) is 0 Å². The Morgan fingerprint density at radius 3 is 2.38 bits per heavy atom. The van der Waals surface area contributed by atoms with Crippen LogP contribution in [0.2, 0.25) is 0 Å². The van der Waals surface area contributed by atoms with Gasteiger partial charge in [0, 0.05) is 6.04 Å². The summed E-state index contributed by atoms with van der Waals surface area (Å²) >= 11 is 0. The first-order chi connectivity index (χ1) is 11.4. The Balaban J connectivity index is 1.92. The van der Waals surface area contributed by atoms with Gasteiger partial charge in [0.25, 0.3) is 0 Å². The van der Waals surface area contributed by atoms with Gasteiger partial charge in [-0.2, -0.15) is 0 Å². The van der Waals surface area contributed by atoms with Gasteiger partial charge in [-0.05, 0) is 34.1 Å². The van der Waals surface area contributed by atoms with Crippen molar-refractivity contribution in [1.82, 2.24) is 5.32 Å². The molecule has 2 aliphatic rings. The van der Waals surface area contributed by atoms with Gasteiger partial charge in [-0.1, -0.05) is 0 Å². The summed E-state index contributed by atoms with van der Waals surface area (Å²) in [5, 5.41) is 3.14. The lowest BCUT2D eigenvalue weighted by molar-refractivity contribution is -0.173. The Bertz CT molecular complexity index is 416. The van der Waals surface area contributed by atoms with Crippen molar-refractivity contribution in [1.29, 1.82) is 0 Å². The zero-order valence-corrected chi connectivity index (χ0v) is 14.7. The Morgan fingerprint density at radius 1 is 1.08 bits per heavy atom. The van der Waals surface area contributed by atoms with Crippen LogP contribution >= 0.6 is 0 Å². The molecule has 0 aromatic carbocycles. The van der Waals surface area contributed by atoms with E-state index in [2.05, 4.69) is 5.32 Å². The zero-order chi connectivity index (χ0) is 17.7. The van der Waals surface area contributed by atoms with Gasteiger partial charge >= 0.3 is 11.9 Å². The Hall–Kier alpha value is -1.22. The minimum Gasteiger partial charge on any atom is -0.465 e. The molecule has 1 saturated carbocycles. The van der Waals surface area contributed by atoms with E-state index in [0.717, 1.165) is 0 Å². The second kappa shape index (κ2) is 8.24. The summed E-state index contributed by atoms with van der Waals surface area (Å²) in [4.78, 5) is 23.0. The minimum atomic E-state index is -0.731. The zero-order valence-electron chi connectivity index (χ0n) is 14.7. The van der Waals surface area contributed by atoms with E-state index in [4.69, 9.17) is 23.7 Å². The number of ether oxygens (including phenoxy) is 5. The number of hydrogen-bond acceptors (Lipinski definition) is 8. The van der Waals surface area contributed by atoms with Crippen LogP contribution in [0.1, 0.15) is 34.1 Å². The van der Waals surface area contributed by atoms with Crippen molar-refractivity contribution < 1.29 is 33.3 Å². The molecule has 2 rings (SSSR count). The predicted octanol–water partition coefficient (Wildman–Crippen LogP) is 0.380. The highest BCUT2D eigenvalue weighted by Gasteiger charge is 2.54. The molecule has 1 aliphatic carbocycles. The molecule has 1 saturated heterocycles. The summed E-state index contributed by atoms with van der Waals surface area (Å²) in [6.45, 7) is 7.79. The largest absolute Gasteiger partial charge is 0.465 e. The van der Waals surface area contributed by atoms with Crippen LogP contribution in [0.25, 0.3) is 0 Å². The van der Waals surface area contributed by atoms with E-state index < -0.39 is 11.8 Å². The first kappa shape index (κ1) is 19.1. The molecule has 1 N–H and O–H groups in total. The lowest BCUT2D eigenvalue weighted by atomic mass is 10.2. The fraction of sp³-hybridized carbons (Fsp3) is 0.875. The number of esters is 2. The molecule has 0 radical (unpaired) electrons. The van der Waals surface area contributed by atoms with Crippen molar-refractivity contribution in [2.45, 2.75) is 64.3 Å². The van der Waals surface area contributed by atoms with Crippen molar-refractivity contribution in [3.63, 3.8) is 0 Å². The van der Waals surface area contributed by atoms with Gasteiger partial charge in [-0.15, -0.1) is 0 Å². The molecule has 138 valence electrons. The molecule has 24 heavy (non-hydrogen) atoms. The third-order valence-corrected chi connectivity index (χ3v) is 3.95. The van der Waals surface area contributed by atoms with Gasteiger partial charge in [0.2, 0.25) is 0 Å². The summed E-state index contributed by atoms with van der Waals surface area (Å²) in [7, 11) is 0. The fourth-order valence-electron chi connectivity index (χ4n) is 3.10. The first-order valence-corrected chi connectivity index (χ1v) is 8.38. The van der Waals surface area contributed by atoms with E-state index in [1.165, 1.54) is 0 Å². The van der Waals surface area contributed by atoms with Crippen molar-refractivity contribution in [3.05, 3.63) is 0 Å². The minimum absolute atomic E-state index is 0.0934. The lowest BCUT2D eigenvalue weighted by Crippen LogP contribution is -2.42. The molecular formula is C16H27NO7. The number of hydrogen-bond donors (Lipinski definition) is 1. The molecule has 8 heteroatoms.